The van der Waals surface area contributed by atoms with E-state index in [1.807, 2.05) is 25.1 Å². The molecule has 1 aliphatic heterocycles. The lowest BCUT2D eigenvalue weighted by atomic mass is 10.1. The summed E-state index contributed by atoms with van der Waals surface area (Å²) in [7, 11) is 0. The minimum Gasteiger partial charge on any atom is -0.486 e. The van der Waals surface area contributed by atoms with Gasteiger partial charge in [0.25, 0.3) is 0 Å². The van der Waals surface area contributed by atoms with E-state index in [2.05, 4.69) is 9.97 Å². The van der Waals surface area contributed by atoms with Gasteiger partial charge in [0.2, 0.25) is 0 Å². The van der Waals surface area contributed by atoms with Crippen LogP contribution in [0.25, 0.3) is 11.3 Å². The normalized spacial score (nSPS) is 13.6. The number of nitrogens with two attached hydrogens (primary N) is 1. The van der Waals surface area contributed by atoms with Gasteiger partial charge < -0.3 is 20.2 Å². The highest BCUT2D eigenvalue weighted by atomic mass is 16.6. The second kappa shape index (κ2) is 4.93. The van der Waals surface area contributed by atoms with Crippen LogP contribution < -0.4 is 15.2 Å². The van der Waals surface area contributed by atoms with Crippen molar-refractivity contribution in [2.45, 2.75) is 13.3 Å². The molecule has 0 spiro atoms. The molecule has 0 saturated carbocycles. The maximum Gasteiger partial charge on any atom is 0.162 e. The first-order valence-electron chi connectivity index (χ1n) is 6.43. The molecule has 3 rings (SSSR count). The molecule has 100 valence electrons. The minimum atomic E-state index is 0.589. The number of H-pyrrole nitrogens is 1. The van der Waals surface area contributed by atoms with Gasteiger partial charge in [0, 0.05) is 17.7 Å². The fourth-order valence-corrected chi connectivity index (χ4v) is 2.30. The summed E-state index contributed by atoms with van der Waals surface area (Å²) in [6.07, 6.45) is 0.782. The fourth-order valence-electron chi connectivity index (χ4n) is 2.30. The van der Waals surface area contributed by atoms with Crippen LogP contribution in [0.15, 0.2) is 18.2 Å². The van der Waals surface area contributed by atoms with Crippen LogP contribution in [0.1, 0.15) is 11.5 Å². The molecule has 1 aliphatic rings. The number of rotatable bonds is 3. The van der Waals surface area contributed by atoms with E-state index >= 15 is 0 Å². The van der Waals surface area contributed by atoms with E-state index in [0.717, 1.165) is 40.7 Å². The Bertz CT molecular complexity index is 592. The molecule has 0 atom stereocenters. The largest absolute Gasteiger partial charge is 0.486 e. The number of nitrogens with zero attached hydrogens (tertiary/aromatic N) is 1. The quantitative estimate of drug-likeness (QED) is 0.879. The van der Waals surface area contributed by atoms with Crippen LogP contribution in [0.3, 0.4) is 0 Å². The summed E-state index contributed by atoms with van der Waals surface area (Å²) in [5, 5.41) is 0. The maximum absolute atomic E-state index is 5.64. The number of aromatic amines is 1. The lowest BCUT2D eigenvalue weighted by Crippen LogP contribution is -2.15. The predicted molar refractivity (Wildman–Crippen MR) is 72.5 cm³/mol. The van der Waals surface area contributed by atoms with Crippen molar-refractivity contribution in [3.8, 4) is 22.8 Å². The first kappa shape index (κ1) is 12.0. The number of benzene rings is 1. The number of fused-ring (bicyclic) bond motifs is 1. The molecule has 0 unspecified atom stereocenters. The van der Waals surface area contributed by atoms with Crippen molar-refractivity contribution in [3.05, 3.63) is 29.7 Å². The molecule has 2 aromatic rings. The molecular weight excluding hydrogens is 242 g/mol. The molecule has 3 N–H and O–H groups in total. The minimum absolute atomic E-state index is 0.589. The number of ether oxygens (including phenoxy) is 2. The highest BCUT2D eigenvalue weighted by Gasteiger charge is 2.15. The van der Waals surface area contributed by atoms with Gasteiger partial charge in [0.15, 0.2) is 11.5 Å². The van der Waals surface area contributed by atoms with Crippen molar-refractivity contribution >= 4 is 0 Å². The Hall–Kier alpha value is -2.01. The van der Waals surface area contributed by atoms with Gasteiger partial charge in [-0.1, -0.05) is 0 Å². The van der Waals surface area contributed by atoms with Gasteiger partial charge in [-0.2, -0.15) is 0 Å². The van der Waals surface area contributed by atoms with Crippen LogP contribution in [0.2, 0.25) is 0 Å². The van der Waals surface area contributed by atoms with Crippen molar-refractivity contribution in [3.63, 3.8) is 0 Å². The molecule has 0 bridgehead atoms. The molecule has 0 radical (unpaired) electrons. The topological polar surface area (TPSA) is 73.2 Å². The van der Waals surface area contributed by atoms with E-state index in [-0.39, 0.29) is 0 Å². The summed E-state index contributed by atoms with van der Waals surface area (Å²) in [5.74, 6) is 2.47. The Morgan fingerprint density at radius 3 is 2.84 bits per heavy atom. The summed E-state index contributed by atoms with van der Waals surface area (Å²) in [6, 6.07) is 5.91. The summed E-state index contributed by atoms with van der Waals surface area (Å²) in [6.45, 7) is 3.73. The number of imidazole rings is 1. The first-order valence-corrected chi connectivity index (χ1v) is 6.43. The second-order valence-corrected chi connectivity index (χ2v) is 4.55. The van der Waals surface area contributed by atoms with Gasteiger partial charge in [-0.05, 0) is 31.7 Å². The predicted octanol–water partition coefficient (Wildman–Crippen LogP) is 1.66. The summed E-state index contributed by atoms with van der Waals surface area (Å²) < 4.78 is 11.1. The zero-order chi connectivity index (χ0) is 13.2. The number of hydrogen-bond donors (Lipinski definition) is 2. The van der Waals surface area contributed by atoms with Crippen LogP contribution in [0.4, 0.5) is 0 Å². The molecule has 0 aliphatic carbocycles. The Labute approximate surface area is 111 Å². The Morgan fingerprint density at radius 1 is 1.26 bits per heavy atom. The Morgan fingerprint density at radius 2 is 2.05 bits per heavy atom. The summed E-state index contributed by atoms with van der Waals surface area (Å²) in [4.78, 5) is 7.80. The van der Waals surface area contributed by atoms with Gasteiger partial charge in [-0.3, -0.25) is 0 Å². The van der Waals surface area contributed by atoms with Crippen LogP contribution >= 0.6 is 0 Å². The van der Waals surface area contributed by atoms with Crippen LogP contribution in [-0.4, -0.2) is 29.7 Å². The first-order chi connectivity index (χ1) is 9.28. The fraction of sp³-hybridized carbons (Fsp3) is 0.357. The molecular formula is C14H17N3O2. The van der Waals surface area contributed by atoms with E-state index in [9.17, 15) is 0 Å². The van der Waals surface area contributed by atoms with Gasteiger partial charge in [-0.25, -0.2) is 4.98 Å². The third-order valence-electron chi connectivity index (χ3n) is 3.11. The number of nitrogens with one attached hydrogen (secondary N) is 1. The van der Waals surface area contributed by atoms with Gasteiger partial charge in [-0.15, -0.1) is 0 Å². The average Bonchev–Trinajstić information content (AvgIpc) is 2.80. The highest BCUT2D eigenvalue weighted by molar-refractivity contribution is 5.66. The highest BCUT2D eigenvalue weighted by Crippen LogP contribution is 2.34. The third kappa shape index (κ3) is 2.29. The molecule has 19 heavy (non-hydrogen) atoms. The molecule has 0 amide bonds. The average molecular weight is 259 g/mol. The zero-order valence-corrected chi connectivity index (χ0v) is 10.9. The number of hydrogen-bond acceptors (Lipinski definition) is 4. The van der Waals surface area contributed by atoms with Crippen molar-refractivity contribution in [2.75, 3.05) is 19.8 Å². The van der Waals surface area contributed by atoms with Gasteiger partial charge >= 0.3 is 0 Å². The van der Waals surface area contributed by atoms with Crippen LogP contribution in [0, 0.1) is 6.92 Å². The van der Waals surface area contributed by atoms with E-state index in [0.29, 0.717) is 19.8 Å². The van der Waals surface area contributed by atoms with Gasteiger partial charge in [0.05, 0.1) is 5.69 Å². The molecule has 2 heterocycles. The Balaban J connectivity index is 2.01. The molecule has 1 aromatic heterocycles. The molecule has 5 heteroatoms. The number of aromatic nitrogens is 2. The molecule has 0 fully saturated rings. The summed E-state index contributed by atoms with van der Waals surface area (Å²) >= 11 is 0. The molecule has 5 nitrogen and oxygen atoms in total. The molecule has 0 saturated heterocycles. The van der Waals surface area contributed by atoms with E-state index < -0.39 is 0 Å². The van der Waals surface area contributed by atoms with Crippen molar-refractivity contribution < 1.29 is 9.47 Å². The van der Waals surface area contributed by atoms with Crippen molar-refractivity contribution in [1.29, 1.82) is 0 Å². The smallest absolute Gasteiger partial charge is 0.162 e. The Kier molecular flexibility index (Phi) is 3.13. The van der Waals surface area contributed by atoms with E-state index in [4.69, 9.17) is 15.2 Å². The van der Waals surface area contributed by atoms with E-state index in [1.54, 1.807) is 0 Å². The monoisotopic (exact) mass is 259 g/mol. The van der Waals surface area contributed by atoms with Crippen molar-refractivity contribution in [2.24, 2.45) is 5.73 Å². The number of aryl methyl sites for hydroxylation is 1. The van der Waals surface area contributed by atoms with Crippen molar-refractivity contribution in [1.82, 2.24) is 9.97 Å². The second-order valence-electron chi connectivity index (χ2n) is 4.55. The maximum atomic E-state index is 5.64. The zero-order valence-electron chi connectivity index (χ0n) is 10.9. The van der Waals surface area contributed by atoms with Crippen LogP contribution in [0.5, 0.6) is 11.5 Å². The third-order valence-corrected chi connectivity index (χ3v) is 3.11. The lowest BCUT2D eigenvalue weighted by Gasteiger charge is -2.18. The SMILES string of the molecule is Cc1nc(-c2ccc3c(c2)OCCO3)c(CCN)[nH]1. The standard InChI is InChI=1S/C14H17N3O2/c1-9-16-11(4-5-15)14(17-9)10-2-3-12-13(8-10)19-7-6-18-12/h2-3,8H,4-7,15H2,1H3,(H,16,17). The van der Waals surface area contributed by atoms with Crippen LogP contribution in [-0.2, 0) is 6.42 Å². The molecule has 1 aromatic carbocycles. The summed E-state index contributed by atoms with van der Waals surface area (Å²) in [5.41, 5.74) is 8.67. The van der Waals surface area contributed by atoms with E-state index in [1.165, 1.54) is 0 Å². The van der Waals surface area contributed by atoms with Gasteiger partial charge in [0.1, 0.15) is 19.0 Å². The lowest BCUT2D eigenvalue weighted by molar-refractivity contribution is 0.171.